The van der Waals surface area contributed by atoms with Gasteiger partial charge in [-0.05, 0) is 31.0 Å². The molecule has 0 unspecified atom stereocenters. The molecule has 0 aliphatic rings. The van der Waals surface area contributed by atoms with Crippen molar-refractivity contribution in [2.24, 2.45) is 7.05 Å². The fraction of sp³-hybridized carbons (Fsp3) is 0.278. The summed E-state index contributed by atoms with van der Waals surface area (Å²) in [5, 5.41) is 0.312. The van der Waals surface area contributed by atoms with Crippen LogP contribution in [0.2, 0.25) is 0 Å². The van der Waals surface area contributed by atoms with Crippen molar-refractivity contribution < 1.29 is 4.74 Å². The lowest BCUT2D eigenvalue weighted by Gasteiger charge is -2.13. The molecule has 0 N–H and O–H groups in total. The third-order valence-corrected chi connectivity index (χ3v) is 4.24. The summed E-state index contributed by atoms with van der Waals surface area (Å²) in [6.07, 6.45) is 1.52. The Kier molecular flexibility index (Phi) is 3.97. The summed E-state index contributed by atoms with van der Waals surface area (Å²) in [4.78, 5) is 29.7. The first-order chi connectivity index (χ1) is 11.4. The summed E-state index contributed by atoms with van der Waals surface area (Å²) in [5.74, 6) is 0.412. The number of ether oxygens (including phenoxy) is 1. The molecule has 3 aromatic rings. The third-order valence-electron chi connectivity index (χ3n) is 4.24. The van der Waals surface area contributed by atoms with E-state index in [4.69, 9.17) is 4.74 Å². The van der Waals surface area contributed by atoms with Crippen LogP contribution in [0.1, 0.15) is 16.7 Å². The smallest absolute Gasteiger partial charge is 0.332 e. The van der Waals surface area contributed by atoms with E-state index in [0.717, 1.165) is 16.7 Å². The quantitative estimate of drug-likeness (QED) is 0.736. The molecule has 3 rings (SSSR count). The molecule has 0 fully saturated rings. The topological polar surface area (TPSA) is 66.1 Å². The van der Waals surface area contributed by atoms with E-state index in [2.05, 4.69) is 4.98 Å². The Morgan fingerprint density at radius 3 is 2.62 bits per heavy atom. The van der Waals surface area contributed by atoms with Crippen LogP contribution in [-0.4, -0.2) is 21.2 Å². The van der Waals surface area contributed by atoms with Crippen LogP contribution in [0, 0.1) is 13.8 Å². The number of nitrogens with zero attached hydrogens (tertiary/aromatic N) is 3. The van der Waals surface area contributed by atoms with Crippen molar-refractivity contribution in [1.82, 2.24) is 14.1 Å². The Morgan fingerprint density at radius 1 is 1.17 bits per heavy atom. The van der Waals surface area contributed by atoms with Crippen molar-refractivity contribution in [3.05, 3.63) is 68.0 Å². The fourth-order valence-electron chi connectivity index (χ4n) is 2.83. The van der Waals surface area contributed by atoms with E-state index >= 15 is 0 Å². The summed E-state index contributed by atoms with van der Waals surface area (Å²) in [6.45, 7) is 4.16. The highest BCUT2D eigenvalue weighted by Gasteiger charge is 2.16. The number of pyridine rings is 1. The van der Waals surface area contributed by atoms with E-state index in [-0.39, 0.29) is 12.1 Å². The molecule has 0 amide bonds. The first kappa shape index (κ1) is 16.0. The van der Waals surface area contributed by atoms with Gasteiger partial charge in [-0.1, -0.05) is 23.8 Å². The molecule has 1 aromatic carbocycles. The Labute approximate surface area is 139 Å². The van der Waals surface area contributed by atoms with Crippen LogP contribution in [0.15, 0.2) is 40.1 Å². The van der Waals surface area contributed by atoms with Gasteiger partial charge in [0.2, 0.25) is 0 Å². The van der Waals surface area contributed by atoms with Crippen molar-refractivity contribution in [2.45, 2.75) is 20.4 Å². The number of benzene rings is 1. The largest absolute Gasteiger partial charge is 0.496 e. The van der Waals surface area contributed by atoms with Gasteiger partial charge in [0.05, 0.1) is 13.7 Å². The molecule has 0 saturated carbocycles. The minimum absolute atomic E-state index is 0.215. The highest BCUT2D eigenvalue weighted by Crippen LogP contribution is 2.18. The number of methoxy groups -OCH3 is 1. The average Bonchev–Trinajstić information content (AvgIpc) is 2.58. The zero-order valence-electron chi connectivity index (χ0n) is 14.2. The van der Waals surface area contributed by atoms with Gasteiger partial charge in [0.15, 0.2) is 5.65 Å². The second-order valence-electron chi connectivity index (χ2n) is 5.87. The maximum Gasteiger partial charge on any atom is 0.332 e. The zero-order valence-corrected chi connectivity index (χ0v) is 14.2. The van der Waals surface area contributed by atoms with Crippen LogP contribution >= 0.6 is 0 Å². The number of hydrogen-bond donors (Lipinski definition) is 0. The molecule has 0 radical (unpaired) electrons. The van der Waals surface area contributed by atoms with E-state index in [0.29, 0.717) is 16.8 Å². The van der Waals surface area contributed by atoms with E-state index in [1.165, 1.54) is 22.4 Å². The summed E-state index contributed by atoms with van der Waals surface area (Å²) in [6, 6.07) is 7.61. The number of aromatic nitrogens is 3. The Bertz CT molecular complexity index is 1050. The van der Waals surface area contributed by atoms with Gasteiger partial charge in [0, 0.05) is 13.2 Å². The maximum atomic E-state index is 12.9. The zero-order chi connectivity index (χ0) is 17.4. The van der Waals surface area contributed by atoms with Crippen LogP contribution in [0.4, 0.5) is 0 Å². The first-order valence-corrected chi connectivity index (χ1v) is 7.62. The number of fused-ring (bicyclic) bond motifs is 1. The van der Waals surface area contributed by atoms with Gasteiger partial charge in [-0.2, -0.15) is 0 Å². The first-order valence-electron chi connectivity index (χ1n) is 7.62. The minimum atomic E-state index is -0.394. The lowest BCUT2D eigenvalue weighted by Crippen LogP contribution is -2.39. The Hall–Kier alpha value is -2.89. The van der Waals surface area contributed by atoms with Gasteiger partial charge >= 0.3 is 5.69 Å². The Balaban J connectivity index is 2.31. The molecule has 0 saturated heterocycles. The van der Waals surface area contributed by atoms with Gasteiger partial charge in [-0.25, -0.2) is 9.78 Å². The van der Waals surface area contributed by atoms with Crippen molar-refractivity contribution in [3.63, 3.8) is 0 Å². The molecule has 0 spiro atoms. The van der Waals surface area contributed by atoms with Gasteiger partial charge in [0.25, 0.3) is 5.56 Å². The second-order valence-corrected chi connectivity index (χ2v) is 5.87. The molecule has 0 aliphatic heterocycles. The SMILES string of the molecule is COc1ccnc2c1c(=O)n(Cc1cc(C)ccc1C)c(=O)n2C. The van der Waals surface area contributed by atoms with Crippen LogP contribution in [0.25, 0.3) is 11.0 Å². The summed E-state index contributed by atoms with van der Waals surface area (Å²) in [5.41, 5.74) is 2.60. The molecule has 2 heterocycles. The second kappa shape index (κ2) is 5.96. The lowest BCUT2D eigenvalue weighted by atomic mass is 10.1. The van der Waals surface area contributed by atoms with E-state index in [1.54, 1.807) is 13.1 Å². The van der Waals surface area contributed by atoms with Gasteiger partial charge < -0.3 is 4.74 Å². The molecular weight excluding hydrogens is 306 g/mol. The van der Waals surface area contributed by atoms with Gasteiger partial charge in [-0.3, -0.25) is 13.9 Å². The lowest BCUT2D eigenvalue weighted by molar-refractivity contribution is 0.418. The molecule has 0 bridgehead atoms. The normalized spacial score (nSPS) is 11.0. The molecule has 124 valence electrons. The predicted octanol–water partition coefficient (Wildman–Crippen LogP) is 1.77. The molecule has 24 heavy (non-hydrogen) atoms. The highest BCUT2D eigenvalue weighted by molar-refractivity contribution is 5.80. The van der Waals surface area contributed by atoms with Crippen molar-refractivity contribution in [3.8, 4) is 5.75 Å². The molecule has 2 aromatic heterocycles. The average molecular weight is 325 g/mol. The summed E-state index contributed by atoms with van der Waals surface area (Å²) in [7, 11) is 3.10. The van der Waals surface area contributed by atoms with E-state index < -0.39 is 5.69 Å². The van der Waals surface area contributed by atoms with Crippen LogP contribution in [0.3, 0.4) is 0 Å². The monoisotopic (exact) mass is 325 g/mol. The van der Waals surface area contributed by atoms with Crippen LogP contribution in [-0.2, 0) is 13.6 Å². The molecular formula is C18H19N3O3. The van der Waals surface area contributed by atoms with Gasteiger partial charge in [0.1, 0.15) is 11.1 Å². The molecule has 0 atom stereocenters. The molecule has 0 aliphatic carbocycles. The van der Waals surface area contributed by atoms with Crippen molar-refractivity contribution in [2.75, 3.05) is 7.11 Å². The number of hydrogen-bond acceptors (Lipinski definition) is 4. The summed E-state index contributed by atoms with van der Waals surface area (Å²) >= 11 is 0. The van der Waals surface area contributed by atoms with Gasteiger partial charge in [-0.15, -0.1) is 0 Å². The van der Waals surface area contributed by atoms with E-state index in [9.17, 15) is 9.59 Å². The highest BCUT2D eigenvalue weighted by atomic mass is 16.5. The minimum Gasteiger partial charge on any atom is -0.496 e. The Morgan fingerprint density at radius 2 is 1.92 bits per heavy atom. The standard InChI is InChI=1S/C18H19N3O3/c1-11-5-6-12(2)13(9-11)10-21-17(22)15-14(24-4)7-8-19-16(15)20(3)18(21)23/h5-9H,10H2,1-4H3. The van der Waals surface area contributed by atoms with Crippen molar-refractivity contribution >= 4 is 11.0 Å². The number of rotatable bonds is 3. The van der Waals surface area contributed by atoms with Crippen LogP contribution < -0.4 is 16.0 Å². The summed E-state index contributed by atoms with van der Waals surface area (Å²) < 4.78 is 7.89. The predicted molar refractivity (Wildman–Crippen MR) is 92.8 cm³/mol. The van der Waals surface area contributed by atoms with Crippen molar-refractivity contribution in [1.29, 1.82) is 0 Å². The molecule has 6 heteroatoms. The molecule has 6 nitrogen and oxygen atoms in total. The van der Waals surface area contributed by atoms with E-state index in [1.807, 2.05) is 32.0 Å². The van der Waals surface area contributed by atoms with Crippen LogP contribution in [0.5, 0.6) is 5.75 Å². The third kappa shape index (κ3) is 2.50. The fourth-order valence-corrected chi connectivity index (χ4v) is 2.83. The number of aryl methyl sites for hydroxylation is 3. The maximum absolute atomic E-state index is 12.9.